The number of fused-ring (bicyclic) bond motifs is 1. The molecular weight excluding hydrogens is 385 g/mol. The summed E-state index contributed by atoms with van der Waals surface area (Å²) < 4.78 is 40.9. The molecule has 3 heterocycles. The fourth-order valence-electron chi connectivity index (χ4n) is 3.60. The van der Waals surface area contributed by atoms with Crippen molar-refractivity contribution in [3.05, 3.63) is 64.1 Å². The van der Waals surface area contributed by atoms with Crippen LogP contribution < -0.4 is 10.5 Å². The van der Waals surface area contributed by atoms with E-state index in [1.54, 1.807) is 35.2 Å². The Morgan fingerprint density at radius 2 is 1.90 bits per heavy atom. The number of nitriles is 1. The van der Waals surface area contributed by atoms with Crippen LogP contribution in [-0.4, -0.2) is 33.9 Å². The van der Waals surface area contributed by atoms with Crippen molar-refractivity contribution in [2.24, 2.45) is 0 Å². The molecule has 2 aromatic heterocycles. The zero-order valence-corrected chi connectivity index (χ0v) is 15.0. The first kappa shape index (κ1) is 19.0. The second-order valence-corrected chi connectivity index (χ2v) is 6.77. The van der Waals surface area contributed by atoms with E-state index >= 15 is 0 Å². The van der Waals surface area contributed by atoms with Crippen LogP contribution in [0.5, 0.6) is 0 Å². The van der Waals surface area contributed by atoms with Crippen molar-refractivity contribution in [2.75, 3.05) is 18.0 Å². The molecule has 1 fully saturated rings. The summed E-state index contributed by atoms with van der Waals surface area (Å²) in [7, 11) is 0. The minimum atomic E-state index is -4.69. The highest BCUT2D eigenvalue weighted by Gasteiger charge is 2.34. The number of alkyl halides is 3. The number of hydrogen-bond donors (Lipinski definition) is 1. The Hall–Kier alpha value is -3.38. The van der Waals surface area contributed by atoms with Crippen molar-refractivity contribution in [2.45, 2.75) is 18.7 Å². The Bertz CT molecular complexity index is 1180. The summed E-state index contributed by atoms with van der Waals surface area (Å²) in [6, 6.07) is 12.1. The molecule has 0 aliphatic carbocycles. The molecule has 0 radical (unpaired) electrons. The summed E-state index contributed by atoms with van der Waals surface area (Å²) in [6.45, 7) is 0.556. The standard InChI is InChI=1S/C20H15F3N4O2/c21-20(22,23)16-7-6-14-17(26-9-8-13(28)11-26)15(10-24)19(29)27(18(14)25-16)12-4-2-1-3-5-12/h1-7,13,28H,8-9,11H2. The Balaban J connectivity index is 2.13. The maximum Gasteiger partial charge on any atom is 0.433 e. The lowest BCUT2D eigenvalue weighted by Crippen LogP contribution is -2.30. The molecule has 0 amide bonds. The number of hydrogen-bond acceptors (Lipinski definition) is 5. The summed E-state index contributed by atoms with van der Waals surface area (Å²) in [5, 5.41) is 19.8. The molecular formula is C20H15F3N4O2. The molecule has 1 aliphatic heterocycles. The molecule has 1 aromatic carbocycles. The van der Waals surface area contributed by atoms with Crippen molar-refractivity contribution in [3.63, 3.8) is 0 Å². The van der Waals surface area contributed by atoms with Gasteiger partial charge in [-0.3, -0.25) is 9.36 Å². The number of β-amino-alcohol motifs (C(OH)–C–C–N with tert-alkyl or cyclic N) is 1. The van der Waals surface area contributed by atoms with Crippen LogP contribution in [0.1, 0.15) is 17.7 Å². The lowest BCUT2D eigenvalue weighted by molar-refractivity contribution is -0.141. The van der Waals surface area contributed by atoms with Gasteiger partial charge >= 0.3 is 6.18 Å². The molecule has 6 nitrogen and oxygen atoms in total. The Labute approximate surface area is 163 Å². The van der Waals surface area contributed by atoms with Crippen LogP contribution in [0.4, 0.5) is 18.9 Å². The molecule has 0 bridgehead atoms. The van der Waals surface area contributed by atoms with Crippen LogP contribution in [0.3, 0.4) is 0 Å². The molecule has 148 valence electrons. The van der Waals surface area contributed by atoms with Crippen LogP contribution in [0.15, 0.2) is 47.3 Å². The van der Waals surface area contributed by atoms with E-state index < -0.39 is 23.5 Å². The fraction of sp³-hybridized carbons (Fsp3) is 0.250. The van der Waals surface area contributed by atoms with E-state index in [9.17, 15) is 28.3 Å². The normalized spacial score (nSPS) is 16.9. The van der Waals surface area contributed by atoms with E-state index in [-0.39, 0.29) is 28.8 Å². The first-order chi connectivity index (χ1) is 13.8. The van der Waals surface area contributed by atoms with E-state index in [2.05, 4.69) is 4.98 Å². The van der Waals surface area contributed by atoms with Gasteiger partial charge in [0.15, 0.2) is 0 Å². The number of aliphatic hydroxyl groups is 1. The first-order valence-corrected chi connectivity index (χ1v) is 8.86. The highest BCUT2D eigenvalue weighted by molar-refractivity contribution is 5.94. The number of benzene rings is 1. The molecule has 0 saturated carbocycles. The number of para-hydroxylation sites is 1. The van der Waals surface area contributed by atoms with Crippen molar-refractivity contribution in [1.82, 2.24) is 9.55 Å². The van der Waals surface area contributed by atoms with Crippen molar-refractivity contribution in [1.29, 1.82) is 5.26 Å². The van der Waals surface area contributed by atoms with Crippen molar-refractivity contribution >= 4 is 16.7 Å². The molecule has 1 atom stereocenters. The monoisotopic (exact) mass is 400 g/mol. The second kappa shape index (κ2) is 6.90. The van der Waals surface area contributed by atoms with Crippen LogP contribution in [0.25, 0.3) is 16.7 Å². The number of rotatable bonds is 2. The van der Waals surface area contributed by atoms with Gasteiger partial charge in [-0.2, -0.15) is 18.4 Å². The molecule has 9 heteroatoms. The number of aliphatic hydroxyl groups excluding tert-OH is 1. The van der Waals surface area contributed by atoms with E-state index in [1.165, 1.54) is 6.07 Å². The van der Waals surface area contributed by atoms with Gasteiger partial charge in [-0.05, 0) is 30.7 Å². The topological polar surface area (TPSA) is 82.2 Å². The van der Waals surface area contributed by atoms with Crippen LogP contribution >= 0.6 is 0 Å². The molecule has 3 aromatic rings. The number of aromatic nitrogens is 2. The van der Waals surface area contributed by atoms with Gasteiger partial charge in [-0.25, -0.2) is 4.98 Å². The zero-order valence-electron chi connectivity index (χ0n) is 15.0. The smallest absolute Gasteiger partial charge is 0.391 e. The van der Waals surface area contributed by atoms with Crippen molar-refractivity contribution < 1.29 is 18.3 Å². The fourth-order valence-corrected chi connectivity index (χ4v) is 3.60. The molecule has 29 heavy (non-hydrogen) atoms. The van der Waals surface area contributed by atoms with Gasteiger partial charge in [0.25, 0.3) is 5.56 Å². The molecule has 0 spiro atoms. The van der Waals surface area contributed by atoms with Gasteiger partial charge in [0, 0.05) is 18.5 Å². The molecule has 1 N–H and O–H groups in total. The number of pyridine rings is 2. The SMILES string of the molecule is N#Cc1c(N2CCC(O)C2)c2ccc(C(F)(F)F)nc2n(-c2ccccc2)c1=O. The minimum absolute atomic E-state index is 0.180. The second-order valence-electron chi connectivity index (χ2n) is 6.77. The van der Waals surface area contributed by atoms with E-state index in [0.717, 1.165) is 10.6 Å². The van der Waals surface area contributed by atoms with Crippen LogP contribution in [-0.2, 0) is 6.18 Å². The Morgan fingerprint density at radius 1 is 1.17 bits per heavy atom. The van der Waals surface area contributed by atoms with Gasteiger partial charge in [0.05, 0.1) is 17.5 Å². The van der Waals surface area contributed by atoms with Gasteiger partial charge in [-0.15, -0.1) is 0 Å². The predicted octanol–water partition coefficient (Wildman–Crippen LogP) is 2.85. The number of halogens is 3. The lowest BCUT2D eigenvalue weighted by atomic mass is 10.1. The molecule has 1 aliphatic rings. The maximum atomic E-state index is 13.3. The van der Waals surface area contributed by atoms with E-state index in [4.69, 9.17) is 0 Å². The number of anilines is 1. The zero-order chi connectivity index (χ0) is 20.8. The lowest BCUT2D eigenvalue weighted by Gasteiger charge is -2.23. The van der Waals surface area contributed by atoms with Gasteiger partial charge in [-0.1, -0.05) is 18.2 Å². The summed E-state index contributed by atoms with van der Waals surface area (Å²) >= 11 is 0. The third-order valence-corrected chi connectivity index (χ3v) is 4.89. The minimum Gasteiger partial charge on any atom is -0.391 e. The average Bonchev–Trinajstić information content (AvgIpc) is 3.12. The largest absolute Gasteiger partial charge is 0.433 e. The van der Waals surface area contributed by atoms with Gasteiger partial charge in [0.2, 0.25) is 0 Å². The highest BCUT2D eigenvalue weighted by Crippen LogP contribution is 2.34. The summed E-state index contributed by atoms with van der Waals surface area (Å²) in [5.74, 6) is 0. The third kappa shape index (κ3) is 3.21. The molecule has 1 saturated heterocycles. The quantitative estimate of drug-likeness (QED) is 0.715. The van der Waals surface area contributed by atoms with E-state index in [0.29, 0.717) is 18.7 Å². The van der Waals surface area contributed by atoms with Gasteiger partial charge in [0.1, 0.15) is 23.0 Å². The molecule has 1 unspecified atom stereocenters. The molecule has 4 rings (SSSR count). The Kier molecular flexibility index (Phi) is 4.51. The van der Waals surface area contributed by atoms with Crippen LogP contribution in [0.2, 0.25) is 0 Å². The highest BCUT2D eigenvalue weighted by atomic mass is 19.4. The third-order valence-electron chi connectivity index (χ3n) is 4.89. The summed E-state index contributed by atoms with van der Waals surface area (Å²) in [6.07, 6.45) is -4.90. The first-order valence-electron chi connectivity index (χ1n) is 8.86. The van der Waals surface area contributed by atoms with Gasteiger partial charge < -0.3 is 10.0 Å². The van der Waals surface area contributed by atoms with E-state index in [1.807, 2.05) is 6.07 Å². The summed E-state index contributed by atoms with van der Waals surface area (Å²) in [5.41, 5.74) is -1.76. The number of nitrogens with zero attached hydrogens (tertiary/aromatic N) is 4. The maximum absolute atomic E-state index is 13.3. The summed E-state index contributed by atoms with van der Waals surface area (Å²) in [4.78, 5) is 18.6. The predicted molar refractivity (Wildman–Crippen MR) is 99.9 cm³/mol. The van der Waals surface area contributed by atoms with Crippen molar-refractivity contribution in [3.8, 4) is 11.8 Å². The Morgan fingerprint density at radius 3 is 2.48 bits per heavy atom. The average molecular weight is 400 g/mol. The van der Waals surface area contributed by atoms with Crippen LogP contribution in [0, 0.1) is 11.3 Å².